The van der Waals surface area contributed by atoms with Gasteiger partial charge in [0.25, 0.3) is 0 Å². The van der Waals surface area contributed by atoms with Crippen LogP contribution in [0.3, 0.4) is 0 Å². The summed E-state index contributed by atoms with van der Waals surface area (Å²) in [5.41, 5.74) is 0. The number of rotatable bonds is 5. The molecule has 2 rings (SSSR count). The molecule has 0 bridgehead atoms. The topological polar surface area (TPSA) is 0 Å². The Labute approximate surface area is 139 Å². The first kappa shape index (κ1) is 18.2. The third kappa shape index (κ3) is 6.71. The predicted molar refractivity (Wildman–Crippen MR) is 90.2 cm³/mol. The molecular formula is C16H18Cl2PPd-. The Balaban J connectivity index is 0.000000612. The zero-order chi connectivity index (χ0) is 14.6. The van der Waals surface area contributed by atoms with Gasteiger partial charge in [-0.2, -0.15) is 6.42 Å². The van der Waals surface area contributed by atoms with Gasteiger partial charge < -0.3 is 6.92 Å². The third-order valence-corrected chi connectivity index (χ3v) is 5.37. The van der Waals surface area contributed by atoms with E-state index in [1.165, 1.54) is 23.2 Å². The van der Waals surface area contributed by atoms with Crippen LogP contribution in [0.25, 0.3) is 0 Å². The van der Waals surface area contributed by atoms with Crippen LogP contribution in [0.2, 0.25) is 0 Å². The summed E-state index contributed by atoms with van der Waals surface area (Å²) in [6.45, 7) is 3.96. The molecule has 4 heteroatoms. The Morgan fingerprint density at radius 3 is 1.60 bits per heavy atom. The van der Waals surface area contributed by atoms with Crippen molar-refractivity contribution in [2.75, 3.05) is 6.16 Å². The van der Waals surface area contributed by atoms with E-state index < -0.39 is 0 Å². The van der Waals surface area contributed by atoms with Crippen molar-refractivity contribution in [2.24, 2.45) is 0 Å². The van der Waals surface area contributed by atoms with E-state index in [1.807, 2.05) is 0 Å². The second-order valence-corrected chi connectivity index (χ2v) is 8.77. The molecule has 0 atom stereocenters. The van der Waals surface area contributed by atoms with Crippen LogP contribution in [-0.2, 0) is 15.9 Å². The minimum absolute atomic E-state index is 0.106. The monoisotopic (exact) mass is 417 g/mol. The normalized spacial score (nSPS) is 10.2. The minimum atomic E-state index is -0.197. The first-order valence-electron chi connectivity index (χ1n) is 6.32. The molecule has 0 fully saturated rings. The van der Waals surface area contributed by atoms with Crippen molar-refractivity contribution in [3.8, 4) is 0 Å². The number of halogens is 2. The van der Waals surface area contributed by atoms with E-state index in [0.29, 0.717) is 0 Å². The van der Waals surface area contributed by atoms with E-state index in [9.17, 15) is 0 Å². The van der Waals surface area contributed by atoms with Gasteiger partial charge in [-0.15, -0.1) is 0 Å². The number of unbranched alkanes of at least 4 members (excludes halogenated alkanes) is 1. The summed E-state index contributed by atoms with van der Waals surface area (Å²) >= 11 is -0.106. The van der Waals surface area contributed by atoms with Gasteiger partial charge in [0.05, 0.1) is 0 Å². The molecule has 0 aromatic heterocycles. The standard InChI is InChI=1S/C16H18P.2ClH.Pd/c1-2-3-14-17(15-10-6-4-7-11-15)16-12-8-5-9-13-16;;;/h4-13H,1-3,14H2;2*1H;/q-1;;;+2/p-2. The molecule has 0 N–H and O–H groups in total. The summed E-state index contributed by atoms with van der Waals surface area (Å²) in [6, 6.07) is 21.7. The molecule has 0 saturated heterocycles. The molecule has 112 valence electrons. The van der Waals surface area contributed by atoms with Gasteiger partial charge in [-0.05, 0) is 24.7 Å². The van der Waals surface area contributed by atoms with Crippen LogP contribution in [-0.4, -0.2) is 6.16 Å². The molecular weight excluding hydrogens is 400 g/mol. The van der Waals surface area contributed by atoms with Crippen LogP contribution in [0.1, 0.15) is 12.8 Å². The van der Waals surface area contributed by atoms with E-state index >= 15 is 0 Å². The van der Waals surface area contributed by atoms with Crippen LogP contribution in [0.15, 0.2) is 60.7 Å². The van der Waals surface area contributed by atoms with Crippen molar-refractivity contribution < 1.29 is 15.9 Å². The van der Waals surface area contributed by atoms with E-state index in [2.05, 4.69) is 67.6 Å². The van der Waals surface area contributed by atoms with Gasteiger partial charge in [0.1, 0.15) is 0 Å². The SMILES string of the molecule is [CH2-]CCCP(c1ccccc1)c1ccccc1.[Cl][Pd][Cl]. The molecule has 0 amide bonds. The fraction of sp³-hybridized carbons (Fsp3) is 0.188. The summed E-state index contributed by atoms with van der Waals surface area (Å²) in [5.74, 6) is 0. The summed E-state index contributed by atoms with van der Waals surface area (Å²) in [6.07, 6.45) is 3.47. The second-order valence-electron chi connectivity index (χ2n) is 4.08. The molecule has 0 unspecified atom stereocenters. The molecule has 20 heavy (non-hydrogen) atoms. The van der Waals surface area contributed by atoms with Crippen molar-refractivity contribution in [3.05, 3.63) is 67.6 Å². The Morgan fingerprint density at radius 2 is 1.25 bits per heavy atom. The van der Waals surface area contributed by atoms with Gasteiger partial charge in [0.2, 0.25) is 0 Å². The van der Waals surface area contributed by atoms with Gasteiger partial charge in [0.15, 0.2) is 0 Å². The van der Waals surface area contributed by atoms with Crippen LogP contribution in [0.5, 0.6) is 0 Å². The van der Waals surface area contributed by atoms with Crippen molar-refractivity contribution in [1.29, 1.82) is 0 Å². The Kier molecular flexibility index (Phi) is 10.7. The van der Waals surface area contributed by atoms with E-state index in [4.69, 9.17) is 19.1 Å². The first-order chi connectivity index (χ1) is 9.83. The van der Waals surface area contributed by atoms with Crippen LogP contribution < -0.4 is 10.6 Å². The van der Waals surface area contributed by atoms with Crippen molar-refractivity contribution >= 4 is 37.6 Å². The number of hydrogen-bond acceptors (Lipinski definition) is 0. The Bertz CT molecular complexity index is 411. The van der Waals surface area contributed by atoms with E-state index in [0.717, 1.165) is 6.42 Å². The molecule has 0 aliphatic rings. The average molecular weight is 419 g/mol. The quantitative estimate of drug-likeness (QED) is 0.360. The summed E-state index contributed by atoms with van der Waals surface area (Å²) in [7, 11) is 9.43. The van der Waals surface area contributed by atoms with E-state index in [1.54, 1.807) is 0 Å². The molecule has 0 heterocycles. The zero-order valence-corrected chi connectivity index (χ0v) is 15.1. The molecule has 0 radical (unpaired) electrons. The number of hydrogen-bond donors (Lipinski definition) is 0. The molecule has 0 aliphatic carbocycles. The van der Waals surface area contributed by atoms with Gasteiger partial charge in [-0.3, -0.25) is 0 Å². The van der Waals surface area contributed by atoms with Crippen LogP contribution in [0, 0.1) is 6.92 Å². The van der Waals surface area contributed by atoms with Crippen molar-refractivity contribution in [2.45, 2.75) is 12.8 Å². The molecule has 0 nitrogen and oxygen atoms in total. The Hall–Kier alpha value is 0.112. The summed E-state index contributed by atoms with van der Waals surface area (Å²) in [5, 5.41) is 2.95. The predicted octanol–water partition coefficient (Wildman–Crippen LogP) is 5.11. The molecule has 2 aromatic carbocycles. The van der Waals surface area contributed by atoms with E-state index in [-0.39, 0.29) is 23.9 Å². The van der Waals surface area contributed by atoms with Crippen molar-refractivity contribution in [3.63, 3.8) is 0 Å². The molecule has 0 aliphatic heterocycles. The maximum atomic E-state index is 4.81. The summed E-state index contributed by atoms with van der Waals surface area (Å²) < 4.78 is 0. The first-order valence-corrected chi connectivity index (χ1v) is 11.9. The average Bonchev–Trinajstić information content (AvgIpc) is 2.51. The van der Waals surface area contributed by atoms with Gasteiger partial charge in [0, 0.05) is 0 Å². The van der Waals surface area contributed by atoms with Crippen LogP contribution >= 0.6 is 27.0 Å². The maximum absolute atomic E-state index is 4.81. The van der Waals surface area contributed by atoms with Gasteiger partial charge >= 0.3 is 35.0 Å². The Morgan fingerprint density at radius 1 is 0.850 bits per heavy atom. The molecule has 0 saturated carbocycles. The number of benzene rings is 2. The van der Waals surface area contributed by atoms with Gasteiger partial charge in [-0.1, -0.05) is 67.1 Å². The summed E-state index contributed by atoms with van der Waals surface area (Å²) in [4.78, 5) is 0. The van der Waals surface area contributed by atoms with Crippen LogP contribution in [0.4, 0.5) is 0 Å². The van der Waals surface area contributed by atoms with Gasteiger partial charge in [-0.25, -0.2) is 0 Å². The fourth-order valence-electron chi connectivity index (χ4n) is 1.89. The second kappa shape index (κ2) is 11.7. The van der Waals surface area contributed by atoms with Crippen molar-refractivity contribution in [1.82, 2.24) is 0 Å². The fourth-order valence-corrected chi connectivity index (χ4v) is 4.31. The molecule has 0 spiro atoms. The third-order valence-electron chi connectivity index (χ3n) is 2.77. The molecule has 2 aromatic rings. The zero-order valence-electron chi connectivity index (χ0n) is 11.1.